The molecule has 0 bridgehead atoms. The molecule has 0 aromatic carbocycles. The summed E-state index contributed by atoms with van der Waals surface area (Å²) >= 11 is 0. The van der Waals surface area contributed by atoms with Gasteiger partial charge in [-0.2, -0.15) is 0 Å². The first-order valence-electron chi connectivity index (χ1n) is 7.04. The number of carboxylic acids is 1. The monoisotopic (exact) mass is 278 g/mol. The number of carboxylic acid groups (broad SMARTS) is 1. The molecule has 2 rings (SSSR count). The molecule has 1 aromatic heterocycles. The van der Waals surface area contributed by atoms with Gasteiger partial charge in [-0.05, 0) is 32.0 Å². The van der Waals surface area contributed by atoms with E-state index in [0.717, 1.165) is 51.5 Å². The number of piperazine rings is 1. The summed E-state index contributed by atoms with van der Waals surface area (Å²) in [5, 5.41) is 15.5. The molecular formula is C14H22N4O2. The van der Waals surface area contributed by atoms with Crippen LogP contribution in [0.5, 0.6) is 0 Å². The number of hydrogen-bond donors (Lipinski definition) is 3. The van der Waals surface area contributed by atoms with E-state index < -0.39 is 5.97 Å². The summed E-state index contributed by atoms with van der Waals surface area (Å²) in [5.74, 6) is -0.187. The standard InChI is InChI=1S/C14H22N4O2/c1-11-12(14(19)20)3-4-13(17-11)16-5-2-8-18-9-6-15-7-10-18/h3-4,15H,2,5-10H2,1H3,(H,16,17)(H,19,20). The van der Waals surface area contributed by atoms with Gasteiger partial charge in [-0.25, -0.2) is 9.78 Å². The average Bonchev–Trinajstić information content (AvgIpc) is 2.44. The van der Waals surface area contributed by atoms with Crippen molar-refractivity contribution in [3.63, 3.8) is 0 Å². The van der Waals surface area contributed by atoms with Crippen LogP contribution in [-0.4, -0.2) is 60.2 Å². The van der Waals surface area contributed by atoms with E-state index in [1.165, 1.54) is 0 Å². The molecule has 20 heavy (non-hydrogen) atoms. The minimum atomic E-state index is -0.930. The van der Waals surface area contributed by atoms with E-state index in [4.69, 9.17) is 5.11 Å². The third-order valence-electron chi connectivity index (χ3n) is 3.48. The zero-order valence-electron chi connectivity index (χ0n) is 11.9. The fourth-order valence-electron chi connectivity index (χ4n) is 2.34. The second-order valence-corrected chi connectivity index (χ2v) is 5.01. The normalized spacial score (nSPS) is 16.1. The molecular weight excluding hydrogens is 256 g/mol. The lowest BCUT2D eigenvalue weighted by molar-refractivity contribution is 0.0695. The first-order valence-corrected chi connectivity index (χ1v) is 7.04. The number of nitrogens with zero attached hydrogens (tertiary/aromatic N) is 2. The molecule has 6 nitrogen and oxygen atoms in total. The summed E-state index contributed by atoms with van der Waals surface area (Å²) in [5.41, 5.74) is 0.806. The molecule has 1 saturated heterocycles. The van der Waals surface area contributed by atoms with Crippen LogP contribution in [0, 0.1) is 6.92 Å². The highest BCUT2D eigenvalue weighted by atomic mass is 16.4. The molecule has 1 aliphatic rings. The molecule has 0 radical (unpaired) electrons. The molecule has 2 heterocycles. The summed E-state index contributed by atoms with van der Waals surface area (Å²) < 4.78 is 0. The molecule has 3 N–H and O–H groups in total. The smallest absolute Gasteiger partial charge is 0.337 e. The number of anilines is 1. The van der Waals surface area contributed by atoms with Gasteiger partial charge in [0.25, 0.3) is 0 Å². The van der Waals surface area contributed by atoms with Crippen LogP contribution in [0.25, 0.3) is 0 Å². The molecule has 0 amide bonds. The van der Waals surface area contributed by atoms with Gasteiger partial charge < -0.3 is 20.6 Å². The lowest BCUT2D eigenvalue weighted by Crippen LogP contribution is -2.44. The Morgan fingerprint density at radius 1 is 1.45 bits per heavy atom. The average molecular weight is 278 g/mol. The van der Waals surface area contributed by atoms with Crippen LogP contribution >= 0.6 is 0 Å². The lowest BCUT2D eigenvalue weighted by atomic mass is 10.2. The Balaban J connectivity index is 1.73. The second-order valence-electron chi connectivity index (χ2n) is 5.01. The van der Waals surface area contributed by atoms with Gasteiger partial charge in [-0.1, -0.05) is 0 Å². The minimum absolute atomic E-state index is 0.261. The SMILES string of the molecule is Cc1nc(NCCCN2CCNCC2)ccc1C(=O)O. The number of hydrogen-bond acceptors (Lipinski definition) is 5. The molecule has 1 aromatic rings. The van der Waals surface area contributed by atoms with Gasteiger partial charge in [0.15, 0.2) is 0 Å². The Labute approximate surface area is 119 Å². The van der Waals surface area contributed by atoms with E-state index in [0.29, 0.717) is 5.69 Å². The Hall–Kier alpha value is -1.66. The molecule has 0 atom stereocenters. The Kier molecular flexibility index (Phi) is 5.31. The molecule has 0 unspecified atom stereocenters. The highest BCUT2D eigenvalue weighted by Gasteiger charge is 2.09. The lowest BCUT2D eigenvalue weighted by Gasteiger charge is -2.27. The van der Waals surface area contributed by atoms with Gasteiger partial charge in [0, 0.05) is 32.7 Å². The van der Waals surface area contributed by atoms with Gasteiger partial charge in [-0.3, -0.25) is 0 Å². The third-order valence-corrected chi connectivity index (χ3v) is 3.48. The highest BCUT2D eigenvalue weighted by molar-refractivity contribution is 5.89. The number of aryl methyl sites for hydroxylation is 1. The zero-order valence-corrected chi connectivity index (χ0v) is 11.9. The first kappa shape index (κ1) is 14.7. The number of aromatic nitrogens is 1. The van der Waals surface area contributed by atoms with Gasteiger partial charge in [-0.15, -0.1) is 0 Å². The molecule has 0 spiro atoms. The fraction of sp³-hybridized carbons (Fsp3) is 0.571. The number of pyridine rings is 1. The summed E-state index contributed by atoms with van der Waals surface area (Å²) in [6.45, 7) is 8.03. The van der Waals surface area contributed by atoms with Crippen molar-refractivity contribution in [2.45, 2.75) is 13.3 Å². The van der Waals surface area contributed by atoms with Crippen LogP contribution in [0.2, 0.25) is 0 Å². The molecule has 1 fully saturated rings. The summed E-state index contributed by atoms with van der Waals surface area (Å²) in [6, 6.07) is 3.32. The van der Waals surface area contributed by atoms with Gasteiger partial charge in [0.2, 0.25) is 0 Å². The highest BCUT2D eigenvalue weighted by Crippen LogP contribution is 2.10. The Morgan fingerprint density at radius 2 is 2.20 bits per heavy atom. The van der Waals surface area contributed by atoms with E-state index >= 15 is 0 Å². The third kappa shape index (κ3) is 4.18. The number of rotatable bonds is 6. The van der Waals surface area contributed by atoms with E-state index in [1.807, 2.05) is 0 Å². The summed E-state index contributed by atoms with van der Waals surface area (Å²) in [4.78, 5) is 17.6. The zero-order chi connectivity index (χ0) is 14.4. The summed E-state index contributed by atoms with van der Waals surface area (Å²) in [7, 11) is 0. The molecule has 6 heteroatoms. The largest absolute Gasteiger partial charge is 0.478 e. The van der Waals surface area contributed by atoms with E-state index in [2.05, 4.69) is 20.5 Å². The van der Waals surface area contributed by atoms with Crippen LogP contribution in [0.15, 0.2) is 12.1 Å². The van der Waals surface area contributed by atoms with Crippen molar-refractivity contribution in [2.24, 2.45) is 0 Å². The number of aromatic carboxylic acids is 1. The maximum Gasteiger partial charge on any atom is 0.337 e. The van der Waals surface area contributed by atoms with Crippen molar-refractivity contribution in [1.29, 1.82) is 0 Å². The van der Waals surface area contributed by atoms with E-state index in [-0.39, 0.29) is 5.56 Å². The van der Waals surface area contributed by atoms with E-state index in [1.54, 1.807) is 19.1 Å². The number of carbonyl (C=O) groups is 1. The van der Waals surface area contributed by atoms with Gasteiger partial charge in [0.05, 0.1) is 11.3 Å². The van der Waals surface area contributed by atoms with Crippen molar-refractivity contribution in [3.05, 3.63) is 23.4 Å². The summed E-state index contributed by atoms with van der Waals surface area (Å²) in [6.07, 6.45) is 1.06. The van der Waals surface area contributed by atoms with Crippen molar-refractivity contribution in [3.8, 4) is 0 Å². The van der Waals surface area contributed by atoms with Crippen molar-refractivity contribution in [1.82, 2.24) is 15.2 Å². The molecule has 0 aliphatic carbocycles. The van der Waals surface area contributed by atoms with Crippen LogP contribution in [0.3, 0.4) is 0 Å². The Morgan fingerprint density at radius 3 is 2.85 bits per heavy atom. The molecule has 1 aliphatic heterocycles. The maximum atomic E-state index is 10.9. The topological polar surface area (TPSA) is 77.5 Å². The fourth-order valence-corrected chi connectivity index (χ4v) is 2.34. The van der Waals surface area contributed by atoms with Crippen molar-refractivity contribution < 1.29 is 9.90 Å². The molecule has 110 valence electrons. The van der Waals surface area contributed by atoms with Crippen molar-refractivity contribution in [2.75, 3.05) is 44.6 Å². The van der Waals surface area contributed by atoms with Crippen molar-refractivity contribution >= 4 is 11.8 Å². The number of nitrogens with one attached hydrogen (secondary N) is 2. The maximum absolute atomic E-state index is 10.9. The Bertz CT molecular complexity index is 458. The van der Waals surface area contributed by atoms with Crippen LogP contribution in [0.4, 0.5) is 5.82 Å². The van der Waals surface area contributed by atoms with Crippen LogP contribution in [-0.2, 0) is 0 Å². The van der Waals surface area contributed by atoms with Crippen LogP contribution < -0.4 is 10.6 Å². The second kappa shape index (κ2) is 7.21. The molecule has 0 saturated carbocycles. The van der Waals surface area contributed by atoms with Gasteiger partial charge in [0.1, 0.15) is 5.82 Å². The quantitative estimate of drug-likeness (QED) is 0.668. The predicted molar refractivity (Wildman–Crippen MR) is 78.3 cm³/mol. The van der Waals surface area contributed by atoms with Gasteiger partial charge >= 0.3 is 5.97 Å². The predicted octanol–water partition coefficient (Wildman–Crippen LogP) is 0.795. The first-order chi connectivity index (χ1) is 9.66. The minimum Gasteiger partial charge on any atom is -0.478 e. The van der Waals surface area contributed by atoms with E-state index in [9.17, 15) is 4.79 Å². The van der Waals surface area contributed by atoms with Crippen LogP contribution in [0.1, 0.15) is 22.5 Å².